The van der Waals surface area contributed by atoms with Gasteiger partial charge in [0.2, 0.25) is 0 Å². The molecule has 1 heterocycles. The van der Waals surface area contributed by atoms with Crippen LogP contribution in [-0.4, -0.2) is 35.4 Å². The first-order chi connectivity index (χ1) is 11.8. The van der Waals surface area contributed by atoms with Crippen molar-refractivity contribution in [2.75, 3.05) is 19.0 Å². The van der Waals surface area contributed by atoms with Crippen LogP contribution in [0.4, 0.5) is 10.5 Å². The quantitative estimate of drug-likeness (QED) is 0.799. The Kier molecular flexibility index (Phi) is 6.03. The van der Waals surface area contributed by atoms with Crippen LogP contribution in [0.5, 0.6) is 0 Å². The van der Waals surface area contributed by atoms with Crippen molar-refractivity contribution in [1.82, 2.24) is 15.1 Å². The number of nitrogens with one attached hydrogen (secondary N) is 2. The predicted octanol–water partition coefficient (Wildman–Crippen LogP) is 2.84. The van der Waals surface area contributed by atoms with E-state index in [2.05, 4.69) is 15.7 Å². The van der Waals surface area contributed by atoms with E-state index in [4.69, 9.17) is 16.3 Å². The smallest absolute Gasteiger partial charge is 0.339 e. The van der Waals surface area contributed by atoms with Crippen molar-refractivity contribution in [3.63, 3.8) is 0 Å². The third kappa shape index (κ3) is 4.51. The molecule has 2 amide bonds. The largest absolute Gasteiger partial charge is 0.465 e. The molecule has 8 heteroatoms. The molecule has 0 aliphatic rings. The van der Waals surface area contributed by atoms with Crippen LogP contribution in [0, 0.1) is 13.8 Å². The summed E-state index contributed by atoms with van der Waals surface area (Å²) >= 11 is 5.94. The lowest BCUT2D eigenvalue weighted by Gasteiger charge is -2.11. The third-order valence-corrected chi connectivity index (χ3v) is 4.19. The highest BCUT2D eigenvalue weighted by molar-refractivity contribution is 6.31. The maximum absolute atomic E-state index is 12.1. The van der Waals surface area contributed by atoms with Gasteiger partial charge in [-0.1, -0.05) is 11.6 Å². The first-order valence-electron chi connectivity index (χ1n) is 7.75. The predicted molar refractivity (Wildman–Crippen MR) is 96.2 cm³/mol. The fourth-order valence-electron chi connectivity index (χ4n) is 2.55. The number of rotatable bonds is 5. The number of methoxy groups -OCH3 is 1. The van der Waals surface area contributed by atoms with Gasteiger partial charge in [0, 0.05) is 24.3 Å². The summed E-state index contributed by atoms with van der Waals surface area (Å²) in [6, 6.07) is 4.14. The molecular formula is C17H21ClN4O3. The Morgan fingerprint density at radius 3 is 2.64 bits per heavy atom. The molecule has 0 aliphatic heterocycles. The minimum absolute atomic E-state index is 0.237. The zero-order valence-electron chi connectivity index (χ0n) is 14.6. The van der Waals surface area contributed by atoms with Crippen LogP contribution in [-0.2, 0) is 18.2 Å². The molecular weight excluding hydrogens is 344 g/mol. The Labute approximate surface area is 151 Å². The molecule has 2 aromatic rings. The van der Waals surface area contributed by atoms with Gasteiger partial charge in [0.15, 0.2) is 0 Å². The van der Waals surface area contributed by atoms with E-state index in [0.717, 1.165) is 17.0 Å². The molecule has 0 aliphatic carbocycles. The Bertz CT molecular complexity index is 801. The van der Waals surface area contributed by atoms with E-state index in [1.165, 1.54) is 19.2 Å². The standard InChI is InChI=1S/C17H21ClN4O3/c1-10-13(11(2)22(3)21-10)7-8-19-17(24)20-15-9-12(18)5-6-14(15)16(23)25-4/h5-6,9H,7-8H2,1-4H3,(H2,19,20,24). The van der Waals surface area contributed by atoms with Gasteiger partial charge in [-0.2, -0.15) is 5.10 Å². The van der Waals surface area contributed by atoms with Gasteiger partial charge < -0.3 is 15.4 Å². The lowest BCUT2D eigenvalue weighted by Crippen LogP contribution is -2.31. The number of amides is 2. The highest BCUT2D eigenvalue weighted by Gasteiger charge is 2.15. The van der Waals surface area contributed by atoms with Gasteiger partial charge in [-0.25, -0.2) is 9.59 Å². The molecule has 0 radical (unpaired) electrons. The van der Waals surface area contributed by atoms with E-state index in [0.29, 0.717) is 23.7 Å². The van der Waals surface area contributed by atoms with Gasteiger partial charge in [-0.05, 0) is 44.0 Å². The Hall–Kier alpha value is -2.54. The molecule has 0 atom stereocenters. The molecule has 2 N–H and O–H groups in total. The van der Waals surface area contributed by atoms with Crippen molar-refractivity contribution in [2.24, 2.45) is 7.05 Å². The Morgan fingerprint density at radius 1 is 1.32 bits per heavy atom. The summed E-state index contributed by atoms with van der Waals surface area (Å²) in [4.78, 5) is 23.9. The molecule has 1 aromatic heterocycles. The fraction of sp³-hybridized carbons (Fsp3) is 0.353. The Morgan fingerprint density at radius 2 is 2.04 bits per heavy atom. The lowest BCUT2D eigenvalue weighted by molar-refractivity contribution is 0.0602. The first-order valence-corrected chi connectivity index (χ1v) is 8.13. The molecule has 25 heavy (non-hydrogen) atoms. The van der Waals surface area contributed by atoms with Crippen LogP contribution in [0.25, 0.3) is 0 Å². The average molecular weight is 365 g/mol. The molecule has 134 valence electrons. The van der Waals surface area contributed by atoms with E-state index in [1.807, 2.05) is 25.6 Å². The first kappa shape index (κ1) is 18.8. The number of aromatic nitrogens is 2. The molecule has 0 saturated heterocycles. The molecule has 0 spiro atoms. The van der Waals surface area contributed by atoms with E-state index in [1.54, 1.807) is 6.07 Å². The van der Waals surface area contributed by atoms with Crippen molar-refractivity contribution < 1.29 is 14.3 Å². The van der Waals surface area contributed by atoms with Crippen molar-refractivity contribution >= 4 is 29.3 Å². The maximum Gasteiger partial charge on any atom is 0.339 e. The van der Waals surface area contributed by atoms with Crippen molar-refractivity contribution in [3.8, 4) is 0 Å². The zero-order valence-corrected chi connectivity index (χ0v) is 15.4. The van der Waals surface area contributed by atoms with Crippen LogP contribution in [0.2, 0.25) is 5.02 Å². The van der Waals surface area contributed by atoms with Gasteiger partial charge >= 0.3 is 12.0 Å². The van der Waals surface area contributed by atoms with Gasteiger partial charge in [0.1, 0.15) is 0 Å². The second-order valence-electron chi connectivity index (χ2n) is 5.59. The summed E-state index contributed by atoms with van der Waals surface area (Å²) in [6.07, 6.45) is 0.665. The summed E-state index contributed by atoms with van der Waals surface area (Å²) in [6.45, 7) is 4.37. The molecule has 0 bridgehead atoms. The van der Waals surface area contributed by atoms with Gasteiger partial charge in [-0.15, -0.1) is 0 Å². The number of halogens is 1. The van der Waals surface area contributed by atoms with Crippen LogP contribution >= 0.6 is 11.6 Å². The van der Waals surface area contributed by atoms with E-state index in [9.17, 15) is 9.59 Å². The molecule has 0 unspecified atom stereocenters. The van der Waals surface area contributed by atoms with E-state index < -0.39 is 12.0 Å². The zero-order chi connectivity index (χ0) is 18.6. The topological polar surface area (TPSA) is 85.2 Å². The van der Waals surface area contributed by atoms with Crippen molar-refractivity contribution in [1.29, 1.82) is 0 Å². The summed E-state index contributed by atoms with van der Waals surface area (Å²) in [7, 11) is 3.17. The number of urea groups is 1. The SMILES string of the molecule is COC(=O)c1ccc(Cl)cc1NC(=O)NCCc1c(C)nn(C)c1C. The number of esters is 1. The second kappa shape index (κ2) is 8.02. The maximum atomic E-state index is 12.1. The minimum Gasteiger partial charge on any atom is -0.465 e. The van der Waals surface area contributed by atoms with E-state index >= 15 is 0 Å². The number of hydrogen-bond donors (Lipinski definition) is 2. The van der Waals surface area contributed by atoms with E-state index in [-0.39, 0.29) is 5.56 Å². The highest BCUT2D eigenvalue weighted by Crippen LogP contribution is 2.21. The molecule has 1 aromatic carbocycles. The molecule has 7 nitrogen and oxygen atoms in total. The summed E-state index contributed by atoms with van der Waals surface area (Å²) in [5.74, 6) is -0.548. The normalized spacial score (nSPS) is 10.4. The minimum atomic E-state index is -0.548. The van der Waals surface area contributed by atoms with Gasteiger partial charge in [-0.3, -0.25) is 4.68 Å². The number of nitrogens with zero attached hydrogens (tertiary/aromatic N) is 2. The van der Waals surface area contributed by atoms with Crippen molar-refractivity contribution in [2.45, 2.75) is 20.3 Å². The van der Waals surface area contributed by atoms with Crippen molar-refractivity contribution in [3.05, 3.63) is 45.7 Å². The number of ether oxygens (including phenoxy) is 1. The highest BCUT2D eigenvalue weighted by atomic mass is 35.5. The second-order valence-corrected chi connectivity index (χ2v) is 6.02. The van der Waals surface area contributed by atoms with Crippen LogP contribution < -0.4 is 10.6 Å². The van der Waals surface area contributed by atoms with Gasteiger partial charge in [0.25, 0.3) is 0 Å². The van der Waals surface area contributed by atoms with Crippen LogP contribution in [0.3, 0.4) is 0 Å². The van der Waals surface area contributed by atoms with Crippen LogP contribution in [0.15, 0.2) is 18.2 Å². The number of carbonyl (C=O) groups excluding carboxylic acids is 2. The number of hydrogen-bond acceptors (Lipinski definition) is 4. The summed E-state index contributed by atoms with van der Waals surface area (Å²) in [5, 5.41) is 10.2. The average Bonchev–Trinajstić information content (AvgIpc) is 2.80. The third-order valence-electron chi connectivity index (χ3n) is 3.95. The molecule has 0 fully saturated rings. The number of aryl methyl sites for hydroxylation is 2. The summed E-state index contributed by atoms with van der Waals surface area (Å²) < 4.78 is 6.52. The Balaban J connectivity index is 1.99. The number of carbonyl (C=O) groups is 2. The summed E-state index contributed by atoms with van der Waals surface area (Å²) in [5.41, 5.74) is 3.67. The molecule has 2 rings (SSSR count). The lowest BCUT2D eigenvalue weighted by atomic mass is 10.1. The monoisotopic (exact) mass is 364 g/mol. The molecule has 0 saturated carbocycles. The number of anilines is 1. The van der Waals surface area contributed by atoms with Gasteiger partial charge in [0.05, 0.1) is 24.1 Å². The van der Waals surface area contributed by atoms with Crippen LogP contribution in [0.1, 0.15) is 27.3 Å². The number of benzene rings is 1. The fourth-order valence-corrected chi connectivity index (χ4v) is 2.73.